The van der Waals surface area contributed by atoms with Gasteiger partial charge in [0.2, 0.25) is 0 Å². The number of amides is 1. The van der Waals surface area contributed by atoms with Crippen LogP contribution in [0.5, 0.6) is 0 Å². The lowest BCUT2D eigenvalue weighted by Gasteiger charge is -2.15. The Balaban J connectivity index is 1.49. The highest BCUT2D eigenvalue weighted by atomic mass is 32.1. The van der Waals surface area contributed by atoms with Crippen LogP contribution < -0.4 is 10.9 Å². The number of aryl methyl sites for hydroxylation is 1. The topological polar surface area (TPSA) is 101 Å². The number of aromatic amines is 1. The van der Waals surface area contributed by atoms with Gasteiger partial charge in [0.1, 0.15) is 5.01 Å². The molecule has 0 saturated heterocycles. The molecule has 0 saturated carbocycles. The van der Waals surface area contributed by atoms with Gasteiger partial charge in [0, 0.05) is 11.1 Å². The average Bonchev–Trinajstić information content (AvgIpc) is 3.01. The second-order valence-electron chi connectivity index (χ2n) is 6.33. The SMILES string of the molecule is CC1CCc2nc(CNC(=O)c3cnc4nc[nH]c(=O)c4c3)sc2C1. The number of carbonyl (C=O) groups excluding carboxylic acids is 1. The van der Waals surface area contributed by atoms with Gasteiger partial charge in [0.25, 0.3) is 11.5 Å². The average molecular weight is 355 g/mol. The zero-order chi connectivity index (χ0) is 17.4. The minimum absolute atomic E-state index is 0.279. The summed E-state index contributed by atoms with van der Waals surface area (Å²) in [6.07, 6.45) is 5.99. The van der Waals surface area contributed by atoms with Crippen molar-refractivity contribution < 1.29 is 4.79 Å². The van der Waals surface area contributed by atoms with E-state index in [0.29, 0.717) is 29.1 Å². The van der Waals surface area contributed by atoms with E-state index in [1.54, 1.807) is 11.3 Å². The van der Waals surface area contributed by atoms with E-state index in [1.807, 2.05) is 0 Å². The van der Waals surface area contributed by atoms with E-state index in [9.17, 15) is 9.59 Å². The largest absolute Gasteiger partial charge is 0.345 e. The Kier molecular flexibility index (Phi) is 4.04. The van der Waals surface area contributed by atoms with E-state index in [0.717, 1.165) is 17.8 Å². The van der Waals surface area contributed by atoms with Crippen LogP contribution in [-0.4, -0.2) is 25.8 Å². The summed E-state index contributed by atoms with van der Waals surface area (Å²) >= 11 is 1.67. The smallest absolute Gasteiger partial charge is 0.260 e. The van der Waals surface area contributed by atoms with Crippen LogP contribution in [0, 0.1) is 5.92 Å². The number of nitrogens with zero attached hydrogens (tertiary/aromatic N) is 3. The van der Waals surface area contributed by atoms with Crippen LogP contribution in [-0.2, 0) is 19.4 Å². The second-order valence-corrected chi connectivity index (χ2v) is 7.50. The molecule has 8 heteroatoms. The number of nitrogens with one attached hydrogen (secondary N) is 2. The Morgan fingerprint density at radius 2 is 2.32 bits per heavy atom. The zero-order valence-corrected chi connectivity index (χ0v) is 14.5. The predicted octanol–water partition coefficient (Wildman–Crippen LogP) is 1.83. The number of thiazole rings is 1. The van der Waals surface area contributed by atoms with E-state index >= 15 is 0 Å². The van der Waals surface area contributed by atoms with Gasteiger partial charge in [-0.15, -0.1) is 11.3 Å². The normalized spacial score (nSPS) is 16.6. The third-order valence-electron chi connectivity index (χ3n) is 4.39. The fourth-order valence-electron chi connectivity index (χ4n) is 3.01. The molecule has 4 rings (SSSR count). The van der Waals surface area contributed by atoms with Crippen molar-refractivity contribution in [3.05, 3.63) is 50.1 Å². The Hall–Kier alpha value is -2.61. The van der Waals surface area contributed by atoms with Crippen LogP contribution in [0.4, 0.5) is 0 Å². The van der Waals surface area contributed by atoms with Crippen molar-refractivity contribution in [3.63, 3.8) is 0 Å². The van der Waals surface area contributed by atoms with Gasteiger partial charge >= 0.3 is 0 Å². The van der Waals surface area contributed by atoms with Crippen molar-refractivity contribution >= 4 is 28.3 Å². The molecule has 128 valence electrons. The summed E-state index contributed by atoms with van der Waals surface area (Å²) in [5, 5.41) is 4.07. The first-order valence-electron chi connectivity index (χ1n) is 8.19. The molecule has 1 atom stereocenters. The number of H-pyrrole nitrogens is 1. The van der Waals surface area contributed by atoms with Gasteiger partial charge < -0.3 is 10.3 Å². The van der Waals surface area contributed by atoms with Crippen LogP contribution >= 0.6 is 11.3 Å². The summed E-state index contributed by atoms with van der Waals surface area (Å²) in [6.45, 7) is 2.64. The van der Waals surface area contributed by atoms with Crippen LogP contribution in [0.15, 0.2) is 23.4 Å². The Morgan fingerprint density at radius 3 is 3.20 bits per heavy atom. The molecule has 1 amide bonds. The molecular weight excluding hydrogens is 338 g/mol. The number of hydrogen-bond acceptors (Lipinski definition) is 6. The quantitative estimate of drug-likeness (QED) is 0.746. The van der Waals surface area contributed by atoms with Crippen LogP contribution in [0.25, 0.3) is 11.0 Å². The summed E-state index contributed by atoms with van der Waals surface area (Å²) in [6, 6.07) is 1.51. The first-order chi connectivity index (χ1) is 12.1. The number of fused-ring (bicyclic) bond motifs is 2. The molecule has 7 nitrogen and oxygen atoms in total. The molecular formula is C17H17N5O2S. The lowest BCUT2D eigenvalue weighted by atomic mass is 9.93. The maximum absolute atomic E-state index is 12.4. The number of carbonyl (C=O) groups is 1. The molecule has 3 aromatic heterocycles. The van der Waals surface area contributed by atoms with Crippen molar-refractivity contribution in [2.45, 2.75) is 32.7 Å². The van der Waals surface area contributed by atoms with Gasteiger partial charge in [-0.3, -0.25) is 9.59 Å². The number of rotatable bonds is 3. The van der Waals surface area contributed by atoms with E-state index < -0.39 is 0 Å². The fourth-order valence-corrected chi connectivity index (χ4v) is 4.23. The standard InChI is InChI=1S/C17H17N5O2S/c1-9-2-3-12-13(4-9)25-14(22-12)7-19-16(23)10-5-11-15(18-6-10)20-8-21-17(11)24/h5-6,8-9H,2-4,7H2,1H3,(H,19,23)(H,18,20,21,24). The fraction of sp³-hybridized carbons (Fsp3) is 0.353. The maximum atomic E-state index is 12.4. The Bertz CT molecular complexity index is 1010. The molecule has 0 bridgehead atoms. The molecule has 0 radical (unpaired) electrons. The van der Waals surface area contributed by atoms with Crippen molar-refractivity contribution in [3.8, 4) is 0 Å². The number of hydrogen-bond donors (Lipinski definition) is 2. The lowest BCUT2D eigenvalue weighted by molar-refractivity contribution is 0.0950. The first kappa shape index (κ1) is 15.9. The van der Waals surface area contributed by atoms with Crippen LogP contribution in [0.2, 0.25) is 0 Å². The zero-order valence-electron chi connectivity index (χ0n) is 13.7. The molecule has 3 heterocycles. The van der Waals surface area contributed by atoms with Gasteiger partial charge in [0.15, 0.2) is 5.65 Å². The summed E-state index contributed by atoms with van der Waals surface area (Å²) in [5.41, 5.74) is 1.52. The summed E-state index contributed by atoms with van der Waals surface area (Å²) < 4.78 is 0. The van der Waals surface area contributed by atoms with E-state index in [1.165, 1.54) is 35.6 Å². The van der Waals surface area contributed by atoms with Crippen molar-refractivity contribution in [1.82, 2.24) is 25.3 Å². The van der Waals surface area contributed by atoms with Crippen LogP contribution in [0.3, 0.4) is 0 Å². The van der Waals surface area contributed by atoms with Crippen molar-refractivity contribution in [2.75, 3.05) is 0 Å². The molecule has 1 unspecified atom stereocenters. The molecule has 0 aromatic carbocycles. The summed E-state index contributed by atoms with van der Waals surface area (Å²) in [7, 11) is 0. The highest BCUT2D eigenvalue weighted by Crippen LogP contribution is 2.29. The molecule has 1 aliphatic rings. The summed E-state index contributed by atoms with van der Waals surface area (Å²) in [4.78, 5) is 40.7. The van der Waals surface area contributed by atoms with Gasteiger partial charge in [-0.25, -0.2) is 15.0 Å². The Morgan fingerprint density at radius 1 is 1.44 bits per heavy atom. The van der Waals surface area contributed by atoms with E-state index in [2.05, 4.69) is 32.2 Å². The van der Waals surface area contributed by atoms with Gasteiger partial charge in [-0.1, -0.05) is 6.92 Å². The number of pyridine rings is 1. The third kappa shape index (κ3) is 3.17. The molecule has 0 fully saturated rings. The third-order valence-corrected chi connectivity index (χ3v) is 5.51. The molecule has 25 heavy (non-hydrogen) atoms. The minimum atomic E-state index is -0.311. The Labute approximate surface area is 147 Å². The van der Waals surface area contributed by atoms with Gasteiger partial charge in [-0.05, 0) is 31.2 Å². The molecule has 0 aliphatic heterocycles. The molecule has 1 aliphatic carbocycles. The van der Waals surface area contributed by atoms with E-state index in [4.69, 9.17) is 0 Å². The van der Waals surface area contributed by atoms with Crippen molar-refractivity contribution in [1.29, 1.82) is 0 Å². The van der Waals surface area contributed by atoms with Crippen molar-refractivity contribution in [2.24, 2.45) is 5.92 Å². The first-order valence-corrected chi connectivity index (χ1v) is 9.01. The minimum Gasteiger partial charge on any atom is -0.345 e. The molecule has 2 N–H and O–H groups in total. The van der Waals surface area contributed by atoms with Gasteiger partial charge in [0.05, 0.1) is 29.5 Å². The number of aromatic nitrogens is 4. The molecule has 3 aromatic rings. The summed E-state index contributed by atoms with van der Waals surface area (Å²) in [5.74, 6) is 0.421. The maximum Gasteiger partial charge on any atom is 0.260 e. The highest BCUT2D eigenvalue weighted by Gasteiger charge is 2.20. The highest BCUT2D eigenvalue weighted by molar-refractivity contribution is 7.11. The van der Waals surface area contributed by atoms with Gasteiger partial charge in [-0.2, -0.15) is 0 Å². The molecule has 0 spiro atoms. The lowest BCUT2D eigenvalue weighted by Crippen LogP contribution is -2.23. The predicted molar refractivity (Wildman–Crippen MR) is 94.6 cm³/mol. The monoisotopic (exact) mass is 355 g/mol. The van der Waals surface area contributed by atoms with E-state index in [-0.39, 0.29) is 11.5 Å². The second kappa shape index (κ2) is 6.36. The van der Waals surface area contributed by atoms with Crippen LogP contribution in [0.1, 0.15) is 39.3 Å².